The Morgan fingerprint density at radius 1 is 1.04 bits per heavy atom. The molecule has 1 aliphatic heterocycles. The number of likely N-dealkylation sites (tertiary alicyclic amines) is 1. The zero-order chi connectivity index (χ0) is 18.3. The van der Waals surface area contributed by atoms with Crippen molar-refractivity contribution in [2.75, 3.05) is 13.1 Å². The van der Waals surface area contributed by atoms with Crippen molar-refractivity contribution >= 4 is 0 Å². The van der Waals surface area contributed by atoms with Crippen LogP contribution in [0.15, 0.2) is 67.3 Å². The minimum Gasteiger partial charge on any atom is -0.487 e. The number of hydrogen-bond donors (Lipinski definition) is 0. The third kappa shape index (κ3) is 4.89. The van der Waals surface area contributed by atoms with E-state index in [2.05, 4.69) is 38.1 Å². The number of piperidine rings is 1. The zero-order valence-corrected chi connectivity index (χ0v) is 15.4. The average Bonchev–Trinajstić information content (AvgIpc) is 2.74. The number of aromatic nitrogens is 3. The molecule has 1 aromatic carbocycles. The standard InChI is InChI=1S/C22H24N4O/c1-2-10-24-20(7-1)16-27-21-8-3-5-18(13-21)14-26-12-4-6-19(15-26)22-9-11-23-17-25-22/h1-3,5,7-11,13,17,19H,4,6,12,14-16H2. The molecule has 0 saturated carbocycles. The summed E-state index contributed by atoms with van der Waals surface area (Å²) in [7, 11) is 0. The maximum atomic E-state index is 5.91. The van der Waals surface area contributed by atoms with E-state index in [9.17, 15) is 0 Å². The molecule has 1 aliphatic rings. The van der Waals surface area contributed by atoms with E-state index in [1.807, 2.05) is 36.5 Å². The predicted molar refractivity (Wildman–Crippen MR) is 104 cm³/mol. The molecule has 1 fully saturated rings. The van der Waals surface area contributed by atoms with Gasteiger partial charge in [0.25, 0.3) is 0 Å². The highest BCUT2D eigenvalue weighted by molar-refractivity contribution is 5.28. The Morgan fingerprint density at radius 2 is 2.04 bits per heavy atom. The largest absolute Gasteiger partial charge is 0.487 e. The van der Waals surface area contributed by atoms with Crippen LogP contribution < -0.4 is 4.74 Å². The second kappa shape index (κ2) is 8.73. The Bertz CT molecular complexity index is 841. The van der Waals surface area contributed by atoms with E-state index in [4.69, 9.17) is 4.74 Å². The fraction of sp³-hybridized carbons (Fsp3) is 0.318. The fourth-order valence-corrected chi connectivity index (χ4v) is 3.62. The monoisotopic (exact) mass is 360 g/mol. The maximum Gasteiger partial charge on any atom is 0.130 e. The van der Waals surface area contributed by atoms with Gasteiger partial charge in [-0.1, -0.05) is 18.2 Å². The van der Waals surface area contributed by atoms with Gasteiger partial charge in [0.2, 0.25) is 0 Å². The van der Waals surface area contributed by atoms with Crippen LogP contribution in [-0.2, 0) is 13.2 Å². The van der Waals surface area contributed by atoms with E-state index in [0.717, 1.165) is 36.8 Å². The molecule has 0 N–H and O–H groups in total. The average molecular weight is 360 g/mol. The van der Waals surface area contributed by atoms with Crippen molar-refractivity contribution in [3.05, 3.63) is 84.2 Å². The molecule has 3 aromatic rings. The molecule has 1 saturated heterocycles. The topological polar surface area (TPSA) is 51.1 Å². The number of nitrogens with zero attached hydrogens (tertiary/aromatic N) is 4. The highest BCUT2D eigenvalue weighted by atomic mass is 16.5. The maximum absolute atomic E-state index is 5.91. The molecule has 0 aliphatic carbocycles. The van der Waals surface area contributed by atoms with Gasteiger partial charge in [0.05, 0.1) is 5.69 Å². The summed E-state index contributed by atoms with van der Waals surface area (Å²) in [6.07, 6.45) is 7.67. The number of ether oxygens (including phenoxy) is 1. The van der Waals surface area contributed by atoms with Crippen LogP contribution >= 0.6 is 0 Å². The van der Waals surface area contributed by atoms with Gasteiger partial charge in [-0.25, -0.2) is 9.97 Å². The van der Waals surface area contributed by atoms with Gasteiger partial charge in [0, 0.05) is 37.1 Å². The van der Waals surface area contributed by atoms with Gasteiger partial charge < -0.3 is 4.74 Å². The minimum absolute atomic E-state index is 0.490. The van der Waals surface area contributed by atoms with E-state index in [1.54, 1.807) is 12.5 Å². The van der Waals surface area contributed by atoms with Gasteiger partial charge in [-0.2, -0.15) is 0 Å². The first-order valence-corrected chi connectivity index (χ1v) is 9.47. The number of rotatable bonds is 6. The van der Waals surface area contributed by atoms with E-state index in [1.165, 1.54) is 18.4 Å². The number of pyridine rings is 1. The first-order valence-electron chi connectivity index (χ1n) is 9.47. The molecule has 0 amide bonds. The summed E-state index contributed by atoms with van der Waals surface area (Å²) in [5, 5.41) is 0. The van der Waals surface area contributed by atoms with Crippen molar-refractivity contribution in [3.8, 4) is 5.75 Å². The van der Waals surface area contributed by atoms with Crippen LogP contribution in [0.25, 0.3) is 0 Å². The number of benzene rings is 1. The van der Waals surface area contributed by atoms with Gasteiger partial charge >= 0.3 is 0 Å². The highest BCUT2D eigenvalue weighted by Crippen LogP contribution is 2.26. The fourth-order valence-electron chi connectivity index (χ4n) is 3.62. The first-order chi connectivity index (χ1) is 13.4. The molecule has 0 radical (unpaired) electrons. The van der Waals surface area contributed by atoms with Gasteiger partial charge in [-0.3, -0.25) is 9.88 Å². The Kier molecular flexibility index (Phi) is 5.70. The molecular formula is C22H24N4O. The van der Waals surface area contributed by atoms with Crippen LogP contribution in [0.4, 0.5) is 0 Å². The third-order valence-electron chi connectivity index (χ3n) is 4.95. The molecule has 138 valence electrons. The van der Waals surface area contributed by atoms with Gasteiger partial charge in [0.15, 0.2) is 0 Å². The van der Waals surface area contributed by atoms with Crippen molar-refractivity contribution in [1.82, 2.24) is 19.9 Å². The molecule has 1 unspecified atom stereocenters. The smallest absolute Gasteiger partial charge is 0.130 e. The van der Waals surface area contributed by atoms with Crippen LogP contribution in [0, 0.1) is 0 Å². The minimum atomic E-state index is 0.490. The van der Waals surface area contributed by atoms with Gasteiger partial charge in [-0.15, -0.1) is 0 Å². The van der Waals surface area contributed by atoms with Crippen molar-refractivity contribution in [3.63, 3.8) is 0 Å². The molecule has 5 heteroatoms. The summed E-state index contributed by atoms with van der Waals surface area (Å²) in [5.41, 5.74) is 3.37. The lowest BCUT2D eigenvalue weighted by atomic mass is 9.94. The molecular weight excluding hydrogens is 336 g/mol. The number of hydrogen-bond acceptors (Lipinski definition) is 5. The van der Waals surface area contributed by atoms with Crippen LogP contribution in [0.3, 0.4) is 0 Å². The van der Waals surface area contributed by atoms with Crippen LogP contribution in [0.2, 0.25) is 0 Å². The summed E-state index contributed by atoms with van der Waals surface area (Å²) >= 11 is 0. The summed E-state index contributed by atoms with van der Waals surface area (Å²) in [6.45, 7) is 3.59. The SMILES string of the molecule is c1ccc(COc2cccc(CN3CCCC(c4ccncn4)C3)c2)nc1. The lowest BCUT2D eigenvalue weighted by Crippen LogP contribution is -2.34. The molecule has 3 heterocycles. The van der Waals surface area contributed by atoms with Crippen LogP contribution in [-0.4, -0.2) is 32.9 Å². The first kappa shape index (κ1) is 17.6. The predicted octanol–water partition coefficient (Wildman–Crippen LogP) is 3.83. The quantitative estimate of drug-likeness (QED) is 0.669. The normalized spacial score (nSPS) is 17.6. The second-order valence-corrected chi connectivity index (χ2v) is 6.97. The van der Waals surface area contributed by atoms with Crippen LogP contribution in [0.1, 0.15) is 35.7 Å². The molecule has 27 heavy (non-hydrogen) atoms. The summed E-state index contributed by atoms with van der Waals surface area (Å²) in [4.78, 5) is 15.3. The van der Waals surface area contributed by atoms with Crippen molar-refractivity contribution in [2.45, 2.75) is 31.9 Å². The van der Waals surface area contributed by atoms with E-state index in [-0.39, 0.29) is 0 Å². The van der Waals surface area contributed by atoms with Crippen LogP contribution in [0.5, 0.6) is 5.75 Å². The van der Waals surface area contributed by atoms with E-state index >= 15 is 0 Å². The van der Waals surface area contributed by atoms with Gasteiger partial charge in [0.1, 0.15) is 18.7 Å². The third-order valence-corrected chi connectivity index (χ3v) is 4.95. The van der Waals surface area contributed by atoms with Crippen molar-refractivity contribution < 1.29 is 4.74 Å². The Balaban J connectivity index is 1.36. The zero-order valence-electron chi connectivity index (χ0n) is 15.4. The van der Waals surface area contributed by atoms with E-state index < -0.39 is 0 Å². The Morgan fingerprint density at radius 3 is 2.89 bits per heavy atom. The van der Waals surface area contributed by atoms with Crippen molar-refractivity contribution in [1.29, 1.82) is 0 Å². The van der Waals surface area contributed by atoms with E-state index in [0.29, 0.717) is 12.5 Å². The summed E-state index contributed by atoms with van der Waals surface area (Å²) in [5.74, 6) is 1.38. The molecule has 5 nitrogen and oxygen atoms in total. The Labute approximate surface area is 160 Å². The Hall–Kier alpha value is -2.79. The molecule has 0 bridgehead atoms. The molecule has 2 aromatic heterocycles. The lowest BCUT2D eigenvalue weighted by molar-refractivity contribution is 0.198. The lowest BCUT2D eigenvalue weighted by Gasteiger charge is -2.32. The molecule has 1 atom stereocenters. The summed E-state index contributed by atoms with van der Waals surface area (Å²) in [6, 6.07) is 16.3. The highest BCUT2D eigenvalue weighted by Gasteiger charge is 2.22. The second-order valence-electron chi connectivity index (χ2n) is 6.97. The molecule has 4 rings (SSSR count). The van der Waals surface area contributed by atoms with Gasteiger partial charge in [-0.05, 0) is 55.3 Å². The summed E-state index contributed by atoms with van der Waals surface area (Å²) < 4.78 is 5.91. The molecule has 0 spiro atoms. The van der Waals surface area contributed by atoms with Crippen molar-refractivity contribution in [2.24, 2.45) is 0 Å².